The summed E-state index contributed by atoms with van der Waals surface area (Å²) in [5, 5.41) is 15.1. The van der Waals surface area contributed by atoms with Crippen LogP contribution in [-0.2, 0) is 0 Å². The van der Waals surface area contributed by atoms with Crippen LogP contribution in [0.2, 0.25) is 5.02 Å². The number of nitro groups is 1. The fourth-order valence-electron chi connectivity index (χ4n) is 1.57. The van der Waals surface area contributed by atoms with E-state index in [2.05, 4.69) is 0 Å². The van der Waals surface area contributed by atoms with Crippen molar-refractivity contribution in [2.75, 3.05) is 0 Å². The lowest BCUT2D eigenvalue weighted by atomic mass is 10.0. The Morgan fingerprint density at radius 2 is 2.11 bits per heavy atom. The fourth-order valence-corrected chi connectivity index (χ4v) is 2.45. The van der Waals surface area contributed by atoms with E-state index < -0.39 is 11.0 Å². The first-order valence-corrected chi connectivity index (χ1v) is 6.13. The van der Waals surface area contributed by atoms with Crippen LogP contribution in [-0.4, -0.2) is 4.92 Å². The SMILES string of the molecule is Cl.N[C@@H](c1ccsc1)c1cc(Cl)ccc1[N+](=O)[O-]. The molecule has 96 valence electrons. The van der Waals surface area contributed by atoms with Gasteiger partial charge in [0, 0.05) is 11.1 Å². The van der Waals surface area contributed by atoms with Gasteiger partial charge in [0.2, 0.25) is 0 Å². The fraction of sp³-hybridized carbons (Fsp3) is 0.0909. The smallest absolute Gasteiger partial charge is 0.274 e. The molecule has 1 aromatic heterocycles. The van der Waals surface area contributed by atoms with E-state index in [1.165, 1.54) is 23.5 Å². The van der Waals surface area contributed by atoms with Crippen molar-refractivity contribution in [2.45, 2.75) is 6.04 Å². The summed E-state index contributed by atoms with van der Waals surface area (Å²) in [6.45, 7) is 0. The summed E-state index contributed by atoms with van der Waals surface area (Å²) >= 11 is 7.35. The average molecular weight is 305 g/mol. The van der Waals surface area contributed by atoms with Crippen molar-refractivity contribution >= 4 is 41.0 Å². The highest BCUT2D eigenvalue weighted by Crippen LogP contribution is 2.31. The molecule has 0 aliphatic carbocycles. The van der Waals surface area contributed by atoms with Gasteiger partial charge in [0.25, 0.3) is 5.69 Å². The molecule has 0 bridgehead atoms. The first-order valence-electron chi connectivity index (χ1n) is 4.81. The van der Waals surface area contributed by atoms with Gasteiger partial charge in [0.15, 0.2) is 0 Å². The van der Waals surface area contributed by atoms with Gasteiger partial charge in [-0.05, 0) is 34.5 Å². The van der Waals surface area contributed by atoms with Crippen molar-refractivity contribution < 1.29 is 4.92 Å². The van der Waals surface area contributed by atoms with Crippen LogP contribution in [0.4, 0.5) is 5.69 Å². The van der Waals surface area contributed by atoms with Crippen molar-refractivity contribution in [1.29, 1.82) is 0 Å². The quantitative estimate of drug-likeness (QED) is 0.693. The summed E-state index contributed by atoms with van der Waals surface area (Å²) in [4.78, 5) is 10.5. The van der Waals surface area contributed by atoms with Gasteiger partial charge in [-0.2, -0.15) is 11.3 Å². The summed E-state index contributed by atoms with van der Waals surface area (Å²) in [5.74, 6) is 0. The third-order valence-corrected chi connectivity index (χ3v) is 3.36. The Balaban J connectivity index is 0.00000162. The molecular weight excluding hydrogens is 295 g/mol. The molecule has 0 saturated heterocycles. The predicted octanol–water partition coefficient (Wildman–Crippen LogP) is 3.78. The van der Waals surface area contributed by atoms with Crippen LogP contribution in [0.25, 0.3) is 0 Å². The van der Waals surface area contributed by atoms with E-state index >= 15 is 0 Å². The molecule has 1 aromatic carbocycles. The summed E-state index contributed by atoms with van der Waals surface area (Å²) in [6, 6.07) is 5.73. The molecule has 2 aromatic rings. The number of thiophene rings is 1. The lowest BCUT2D eigenvalue weighted by Gasteiger charge is -2.11. The normalized spacial score (nSPS) is 11.7. The van der Waals surface area contributed by atoms with Gasteiger partial charge in [-0.1, -0.05) is 11.6 Å². The maximum Gasteiger partial charge on any atom is 0.274 e. The number of nitro benzene ring substituents is 1. The molecule has 7 heteroatoms. The number of rotatable bonds is 3. The van der Waals surface area contributed by atoms with E-state index in [0.717, 1.165) is 5.56 Å². The van der Waals surface area contributed by atoms with E-state index in [-0.39, 0.29) is 18.1 Å². The zero-order valence-corrected chi connectivity index (χ0v) is 11.5. The molecule has 2 rings (SSSR count). The van der Waals surface area contributed by atoms with Gasteiger partial charge in [0.05, 0.1) is 16.5 Å². The van der Waals surface area contributed by atoms with Crippen molar-refractivity contribution in [3.63, 3.8) is 0 Å². The molecule has 0 spiro atoms. The van der Waals surface area contributed by atoms with Crippen LogP contribution >= 0.6 is 35.3 Å². The van der Waals surface area contributed by atoms with Crippen LogP contribution in [0.1, 0.15) is 17.2 Å². The second-order valence-corrected chi connectivity index (χ2v) is 4.71. The number of hydrogen-bond acceptors (Lipinski definition) is 4. The zero-order chi connectivity index (χ0) is 12.4. The van der Waals surface area contributed by atoms with Gasteiger partial charge in [-0.3, -0.25) is 10.1 Å². The minimum Gasteiger partial charge on any atom is -0.320 e. The minimum absolute atomic E-state index is 0. The Morgan fingerprint density at radius 3 is 2.67 bits per heavy atom. The first kappa shape index (κ1) is 14.9. The molecule has 4 nitrogen and oxygen atoms in total. The van der Waals surface area contributed by atoms with Crippen LogP contribution in [0.3, 0.4) is 0 Å². The molecule has 1 atom stereocenters. The summed E-state index contributed by atoms with van der Waals surface area (Å²) in [7, 11) is 0. The van der Waals surface area contributed by atoms with Crippen LogP contribution in [0, 0.1) is 10.1 Å². The minimum atomic E-state index is -0.527. The second-order valence-electron chi connectivity index (χ2n) is 3.49. The number of nitrogens with two attached hydrogens (primary N) is 1. The van der Waals surface area contributed by atoms with Crippen molar-refractivity contribution in [3.05, 3.63) is 61.3 Å². The van der Waals surface area contributed by atoms with Crippen LogP contribution in [0.15, 0.2) is 35.0 Å². The highest BCUT2D eigenvalue weighted by Gasteiger charge is 2.21. The Labute approximate surface area is 119 Å². The third kappa shape index (κ3) is 3.00. The van der Waals surface area contributed by atoms with Gasteiger partial charge in [-0.25, -0.2) is 0 Å². The van der Waals surface area contributed by atoms with Gasteiger partial charge in [0.1, 0.15) is 0 Å². The lowest BCUT2D eigenvalue weighted by molar-refractivity contribution is -0.385. The van der Waals surface area contributed by atoms with E-state index in [1.807, 2.05) is 16.8 Å². The van der Waals surface area contributed by atoms with E-state index in [0.29, 0.717) is 10.6 Å². The van der Waals surface area contributed by atoms with Crippen molar-refractivity contribution in [1.82, 2.24) is 0 Å². The molecule has 0 amide bonds. The number of nitrogens with zero attached hydrogens (tertiary/aromatic N) is 1. The standard InChI is InChI=1S/C11H9ClN2O2S.ClH/c12-8-1-2-10(14(15)16)9(5-8)11(13)7-3-4-17-6-7;/h1-6,11H,13H2;1H/t11-;/m0./s1. The highest BCUT2D eigenvalue weighted by atomic mass is 35.5. The van der Waals surface area contributed by atoms with Crippen LogP contribution in [0.5, 0.6) is 0 Å². The highest BCUT2D eigenvalue weighted by molar-refractivity contribution is 7.08. The lowest BCUT2D eigenvalue weighted by Crippen LogP contribution is -2.13. The molecule has 0 saturated carbocycles. The number of halogens is 2. The maximum absolute atomic E-state index is 10.9. The Kier molecular flexibility index (Phi) is 5.10. The Hall–Kier alpha value is -1.14. The molecule has 0 aliphatic heterocycles. The van der Waals surface area contributed by atoms with E-state index in [9.17, 15) is 10.1 Å². The Bertz CT molecular complexity index is 546. The molecule has 18 heavy (non-hydrogen) atoms. The largest absolute Gasteiger partial charge is 0.320 e. The van der Waals surface area contributed by atoms with Gasteiger partial charge >= 0.3 is 0 Å². The average Bonchev–Trinajstić information content (AvgIpc) is 2.80. The van der Waals surface area contributed by atoms with Gasteiger partial charge in [-0.15, -0.1) is 12.4 Å². The molecule has 0 fully saturated rings. The maximum atomic E-state index is 10.9. The molecule has 0 aliphatic rings. The Morgan fingerprint density at radius 1 is 1.39 bits per heavy atom. The number of benzene rings is 1. The molecule has 2 N–H and O–H groups in total. The second kappa shape index (κ2) is 6.15. The topological polar surface area (TPSA) is 69.2 Å². The molecular formula is C11H10Cl2N2O2S. The van der Waals surface area contributed by atoms with Gasteiger partial charge < -0.3 is 5.73 Å². The monoisotopic (exact) mass is 304 g/mol. The van der Waals surface area contributed by atoms with E-state index in [4.69, 9.17) is 17.3 Å². The summed E-state index contributed by atoms with van der Waals surface area (Å²) < 4.78 is 0. The summed E-state index contributed by atoms with van der Waals surface area (Å²) in [5.41, 5.74) is 7.28. The molecule has 0 unspecified atom stereocenters. The summed E-state index contributed by atoms with van der Waals surface area (Å²) in [6.07, 6.45) is 0. The molecule has 0 radical (unpaired) electrons. The molecule has 1 heterocycles. The third-order valence-electron chi connectivity index (χ3n) is 2.42. The predicted molar refractivity (Wildman–Crippen MR) is 75.7 cm³/mol. The van der Waals surface area contributed by atoms with Crippen molar-refractivity contribution in [2.24, 2.45) is 5.73 Å². The first-order chi connectivity index (χ1) is 8.09. The van der Waals surface area contributed by atoms with E-state index in [1.54, 1.807) is 6.07 Å². The van der Waals surface area contributed by atoms with Crippen LogP contribution < -0.4 is 5.73 Å². The zero-order valence-electron chi connectivity index (χ0n) is 9.08. The van der Waals surface area contributed by atoms with Crippen molar-refractivity contribution in [3.8, 4) is 0 Å². The number of hydrogen-bond donors (Lipinski definition) is 1.